The molecule has 0 fully saturated rings. The van der Waals surface area contributed by atoms with Crippen LogP contribution in [0.4, 0.5) is 0 Å². The molecule has 0 aliphatic carbocycles. The molecular formula is C9H17O3S. The minimum Gasteiger partial charge on any atom is -0.377 e. The predicted molar refractivity (Wildman–Crippen MR) is 53.6 cm³/mol. The molecule has 1 radical (unpaired) electrons. The average Bonchev–Trinajstić information content (AvgIpc) is 2.01. The quantitative estimate of drug-likeness (QED) is 0.544. The Morgan fingerprint density at radius 1 is 1.46 bits per heavy atom. The molecule has 0 heterocycles. The van der Waals surface area contributed by atoms with Gasteiger partial charge in [-0.1, -0.05) is 20.8 Å². The molecule has 0 amide bonds. The van der Waals surface area contributed by atoms with Crippen LogP contribution in [0.15, 0.2) is 0 Å². The zero-order valence-corrected chi connectivity index (χ0v) is 9.27. The molecular weight excluding hydrogens is 188 g/mol. The molecule has 3 nitrogen and oxygen atoms in total. The van der Waals surface area contributed by atoms with Crippen molar-refractivity contribution in [2.45, 2.75) is 26.9 Å². The standard InChI is InChI=1S/C9H17O3S/c1-9(2,3)8(11)7(10)6-12-4-5-13/h7,13H,4-6H2,1-3H3/t7-/m0/s1. The Balaban J connectivity index is 3.84. The first-order chi connectivity index (χ1) is 5.89. The van der Waals surface area contributed by atoms with Crippen LogP contribution in [-0.4, -0.2) is 30.9 Å². The Labute approximate surface area is 84.9 Å². The zero-order valence-electron chi connectivity index (χ0n) is 8.37. The molecule has 1 atom stereocenters. The number of ether oxygens (including phenoxy) is 1. The lowest BCUT2D eigenvalue weighted by molar-refractivity contribution is -0.142. The van der Waals surface area contributed by atoms with Gasteiger partial charge in [-0.05, 0) is 0 Å². The fourth-order valence-electron chi connectivity index (χ4n) is 0.814. The SMILES string of the molecule is CC(C)(C)C(=O)[C@@H]([O])COCCS. The molecule has 0 bridgehead atoms. The molecule has 77 valence electrons. The van der Waals surface area contributed by atoms with E-state index in [2.05, 4.69) is 12.6 Å². The van der Waals surface area contributed by atoms with Crippen molar-refractivity contribution in [3.8, 4) is 0 Å². The molecule has 0 saturated heterocycles. The second-order valence-corrected chi connectivity index (χ2v) is 4.35. The van der Waals surface area contributed by atoms with Crippen LogP contribution in [0.2, 0.25) is 0 Å². The highest BCUT2D eigenvalue weighted by Gasteiger charge is 2.29. The lowest BCUT2D eigenvalue weighted by atomic mass is 9.88. The summed E-state index contributed by atoms with van der Waals surface area (Å²) in [5.41, 5.74) is -0.573. The minimum atomic E-state index is -1.26. The van der Waals surface area contributed by atoms with E-state index in [0.717, 1.165) is 0 Å². The lowest BCUT2D eigenvalue weighted by Crippen LogP contribution is -2.34. The number of carbonyl (C=O) groups excluding carboxylic acids is 1. The highest BCUT2D eigenvalue weighted by molar-refractivity contribution is 7.80. The molecule has 4 heteroatoms. The van der Waals surface area contributed by atoms with Gasteiger partial charge in [0.2, 0.25) is 0 Å². The van der Waals surface area contributed by atoms with Crippen molar-refractivity contribution in [3.63, 3.8) is 0 Å². The third kappa shape index (κ3) is 5.29. The molecule has 0 aliphatic heterocycles. The number of thiol groups is 1. The van der Waals surface area contributed by atoms with Gasteiger partial charge in [0, 0.05) is 11.2 Å². The lowest BCUT2D eigenvalue weighted by Gasteiger charge is -2.19. The van der Waals surface area contributed by atoms with Crippen LogP contribution in [0, 0.1) is 5.41 Å². The number of Topliss-reactive ketones (excluding diaryl/α,β-unsaturated/α-hetero) is 1. The van der Waals surface area contributed by atoms with E-state index in [1.807, 2.05) is 0 Å². The van der Waals surface area contributed by atoms with Gasteiger partial charge in [-0.2, -0.15) is 12.6 Å². The molecule has 13 heavy (non-hydrogen) atoms. The number of hydrogen-bond donors (Lipinski definition) is 1. The zero-order chi connectivity index (χ0) is 10.5. The summed E-state index contributed by atoms with van der Waals surface area (Å²) >= 11 is 3.92. The highest BCUT2D eigenvalue weighted by Crippen LogP contribution is 2.17. The van der Waals surface area contributed by atoms with E-state index >= 15 is 0 Å². The molecule has 0 saturated carbocycles. The summed E-state index contributed by atoms with van der Waals surface area (Å²) in [6.07, 6.45) is -1.26. The van der Waals surface area contributed by atoms with Crippen LogP contribution in [0.3, 0.4) is 0 Å². The van der Waals surface area contributed by atoms with E-state index in [-0.39, 0.29) is 12.4 Å². The summed E-state index contributed by atoms with van der Waals surface area (Å²) in [5.74, 6) is 0.267. The second kappa shape index (κ2) is 5.62. The van der Waals surface area contributed by atoms with E-state index < -0.39 is 11.5 Å². The molecule has 0 rings (SSSR count). The summed E-state index contributed by atoms with van der Waals surface area (Å²) in [5, 5.41) is 11.2. The van der Waals surface area contributed by atoms with Gasteiger partial charge >= 0.3 is 0 Å². The molecule has 0 N–H and O–H groups in total. The molecule has 0 spiro atoms. The summed E-state index contributed by atoms with van der Waals surface area (Å²) < 4.78 is 4.95. The van der Waals surface area contributed by atoms with E-state index in [1.54, 1.807) is 20.8 Å². The highest BCUT2D eigenvalue weighted by atomic mass is 32.1. The first-order valence-electron chi connectivity index (χ1n) is 4.28. The molecule has 0 aromatic carbocycles. The number of hydrogen-bond acceptors (Lipinski definition) is 3. The number of rotatable bonds is 5. The van der Waals surface area contributed by atoms with Crippen molar-refractivity contribution in [2.24, 2.45) is 5.41 Å². The van der Waals surface area contributed by atoms with E-state index in [9.17, 15) is 9.90 Å². The molecule has 0 unspecified atom stereocenters. The van der Waals surface area contributed by atoms with Crippen LogP contribution < -0.4 is 0 Å². The topological polar surface area (TPSA) is 46.2 Å². The summed E-state index contributed by atoms with van der Waals surface area (Å²) in [4.78, 5) is 11.3. The number of carbonyl (C=O) groups is 1. The van der Waals surface area contributed by atoms with Crippen molar-refractivity contribution in [1.29, 1.82) is 0 Å². The molecule has 0 aromatic heterocycles. The number of ketones is 1. The minimum absolute atomic E-state index is 0.0450. The molecule has 0 aromatic rings. The van der Waals surface area contributed by atoms with Gasteiger partial charge in [0.15, 0.2) is 11.9 Å². The maximum Gasteiger partial charge on any atom is 0.175 e. The van der Waals surface area contributed by atoms with Gasteiger partial charge in [0.05, 0.1) is 13.2 Å². The maximum absolute atomic E-state index is 11.3. The Morgan fingerprint density at radius 3 is 2.38 bits per heavy atom. The van der Waals surface area contributed by atoms with Crippen LogP contribution in [0.25, 0.3) is 0 Å². The summed E-state index contributed by atoms with van der Waals surface area (Å²) in [6.45, 7) is 5.58. The van der Waals surface area contributed by atoms with Crippen LogP contribution in [-0.2, 0) is 14.6 Å². The smallest absolute Gasteiger partial charge is 0.175 e. The Hall–Kier alpha value is -0.0600. The van der Waals surface area contributed by atoms with Crippen LogP contribution in [0.5, 0.6) is 0 Å². The summed E-state index contributed by atoms with van der Waals surface area (Å²) in [7, 11) is 0. The first kappa shape index (κ1) is 12.9. The van der Waals surface area contributed by atoms with Crippen molar-refractivity contribution in [3.05, 3.63) is 0 Å². The van der Waals surface area contributed by atoms with Gasteiger partial charge in [-0.15, -0.1) is 0 Å². The first-order valence-corrected chi connectivity index (χ1v) is 4.91. The van der Waals surface area contributed by atoms with Crippen molar-refractivity contribution < 1.29 is 14.6 Å². The third-order valence-electron chi connectivity index (χ3n) is 1.54. The average molecular weight is 205 g/mol. The van der Waals surface area contributed by atoms with E-state index in [1.165, 1.54) is 0 Å². The normalized spacial score (nSPS) is 14.2. The van der Waals surface area contributed by atoms with Gasteiger partial charge in [0.1, 0.15) is 0 Å². The van der Waals surface area contributed by atoms with Gasteiger partial charge < -0.3 is 4.74 Å². The van der Waals surface area contributed by atoms with Crippen molar-refractivity contribution in [2.75, 3.05) is 19.0 Å². The summed E-state index contributed by atoms with van der Waals surface area (Å²) in [6, 6.07) is 0. The monoisotopic (exact) mass is 205 g/mol. The third-order valence-corrected chi connectivity index (χ3v) is 1.72. The largest absolute Gasteiger partial charge is 0.377 e. The van der Waals surface area contributed by atoms with Crippen molar-refractivity contribution in [1.82, 2.24) is 0 Å². The van der Waals surface area contributed by atoms with Gasteiger partial charge in [0.25, 0.3) is 0 Å². The van der Waals surface area contributed by atoms with Gasteiger partial charge in [-0.3, -0.25) is 4.79 Å². The maximum atomic E-state index is 11.3. The van der Waals surface area contributed by atoms with Crippen LogP contribution in [0.1, 0.15) is 20.8 Å². The Morgan fingerprint density at radius 2 is 2.00 bits per heavy atom. The fraction of sp³-hybridized carbons (Fsp3) is 0.889. The van der Waals surface area contributed by atoms with Crippen molar-refractivity contribution >= 4 is 18.4 Å². The Kier molecular flexibility index (Phi) is 5.60. The van der Waals surface area contributed by atoms with E-state index in [4.69, 9.17) is 4.74 Å². The van der Waals surface area contributed by atoms with E-state index in [0.29, 0.717) is 12.4 Å². The van der Waals surface area contributed by atoms with Gasteiger partial charge in [-0.25, -0.2) is 5.11 Å². The Bertz CT molecular complexity index is 163. The predicted octanol–water partition coefficient (Wildman–Crippen LogP) is 1.35. The second-order valence-electron chi connectivity index (χ2n) is 3.90. The fourth-order valence-corrected chi connectivity index (χ4v) is 0.943. The van der Waals surface area contributed by atoms with Crippen LogP contribution >= 0.6 is 12.6 Å². The molecule has 0 aliphatic rings.